The number of halogens is 1. The second-order valence-electron chi connectivity index (χ2n) is 3.07. The van der Waals surface area contributed by atoms with Crippen LogP contribution in [0.2, 0.25) is 0 Å². The number of carbonyl (C=O) groups excluding carboxylic acids is 1. The van der Waals surface area contributed by atoms with Crippen molar-refractivity contribution < 1.29 is 13.2 Å². The van der Waals surface area contributed by atoms with Crippen LogP contribution in [-0.2, 0) is 15.5 Å². The minimum Gasteiger partial charge on any atom is -0.298 e. The van der Waals surface area contributed by atoms with Gasteiger partial charge in [0.05, 0.1) is 16.5 Å². The Morgan fingerprint density at radius 2 is 2.12 bits per heavy atom. The smallest absolute Gasteiger partial charge is 0.262 e. The summed E-state index contributed by atoms with van der Waals surface area (Å²) in [6.45, 7) is 1.72. The monoisotopic (exact) mass is 257 g/mol. The molecule has 0 unspecified atom stereocenters. The highest BCUT2D eigenvalue weighted by Gasteiger charge is 2.20. The van der Waals surface area contributed by atoms with Gasteiger partial charge in [0.25, 0.3) is 9.05 Å². The molecular formula is C10H8ClNO3S. The largest absolute Gasteiger partial charge is 0.298 e. The standard InChI is InChI=1S/C10H8ClNO3S/c1-2-8-3-7(5-12)4-9(6-13)10(8)16(11,14)15/h3-4,6H,2H2,1H3. The van der Waals surface area contributed by atoms with Crippen molar-refractivity contribution >= 4 is 26.0 Å². The van der Waals surface area contributed by atoms with Gasteiger partial charge < -0.3 is 0 Å². The molecule has 0 aliphatic heterocycles. The summed E-state index contributed by atoms with van der Waals surface area (Å²) in [4.78, 5) is 10.6. The Bertz CT molecular complexity index is 572. The van der Waals surface area contributed by atoms with E-state index in [1.165, 1.54) is 12.1 Å². The number of nitriles is 1. The fourth-order valence-corrected chi connectivity index (χ4v) is 2.90. The Balaban J connectivity index is 3.72. The first-order chi connectivity index (χ1) is 7.43. The Morgan fingerprint density at radius 1 is 1.50 bits per heavy atom. The van der Waals surface area contributed by atoms with Gasteiger partial charge in [-0.3, -0.25) is 4.79 Å². The Morgan fingerprint density at radius 3 is 2.50 bits per heavy atom. The molecule has 0 atom stereocenters. The summed E-state index contributed by atoms with van der Waals surface area (Å²) < 4.78 is 22.6. The number of hydrogen-bond donors (Lipinski definition) is 0. The van der Waals surface area contributed by atoms with Crippen LogP contribution in [0.3, 0.4) is 0 Å². The first kappa shape index (κ1) is 12.7. The SMILES string of the molecule is CCc1cc(C#N)cc(C=O)c1S(=O)(=O)Cl. The van der Waals surface area contributed by atoms with Gasteiger partial charge in [-0.2, -0.15) is 5.26 Å². The molecule has 6 heteroatoms. The second kappa shape index (κ2) is 4.64. The Hall–Kier alpha value is -1.38. The number of aldehydes is 1. The van der Waals surface area contributed by atoms with Gasteiger partial charge in [-0.1, -0.05) is 6.92 Å². The first-order valence-corrected chi connectivity index (χ1v) is 6.71. The van der Waals surface area contributed by atoms with Crippen molar-refractivity contribution in [2.75, 3.05) is 0 Å². The van der Waals surface area contributed by atoms with Gasteiger partial charge in [0.2, 0.25) is 0 Å². The third kappa shape index (κ3) is 2.40. The number of hydrogen-bond acceptors (Lipinski definition) is 4. The zero-order valence-corrected chi connectivity index (χ0v) is 9.97. The molecule has 1 aromatic rings. The minimum atomic E-state index is -3.98. The Kier molecular flexibility index (Phi) is 3.68. The molecule has 0 saturated heterocycles. The van der Waals surface area contributed by atoms with Crippen LogP contribution in [0.4, 0.5) is 0 Å². The summed E-state index contributed by atoms with van der Waals surface area (Å²) in [5.41, 5.74) is 0.532. The van der Waals surface area contributed by atoms with Gasteiger partial charge >= 0.3 is 0 Å². The summed E-state index contributed by atoms with van der Waals surface area (Å²) >= 11 is 0. The van der Waals surface area contributed by atoms with Crippen LogP contribution >= 0.6 is 10.7 Å². The van der Waals surface area contributed by atoms with Gasteiger partial charge in [-0.15, -0.1) is 0 Å². The van der Waals surface area contributed by atoms with Crippen molar-refractivity contribution in [1.29, 1.82) is 5.26 Å². The predicted octanol–water partition coefficient (Wildman–Crippen LogP) is 1.86. The van der Waals surface area contributed by atoms with Crippen molar-refractivity contribution in [3.05, 3.63) is 28.8 Å². The average molecular weight is 258 g/mol. The maximum atomic E-state index is 11.3. The molecule has 4 nitrogen and oxygen atoms in total. The van der Waals surface area contributed by atoms with E-state index in [1.54, 1.807) is 6.92 Å². The Labute approximate surface area is 97.9 Å². The normalized spacial score (nSPS) is 10.8. The van der Waals surface area contributed by atoms with Crippen LogP contribution in [0.15, 0.2) is 17.0 Å². The van der Waals surface area contributed by atoms with E-state index in [9.17, 15) is 13.2 Å². The van der Waals surface area contributed by atoms with E-state index in [-0.39, 0.29) is 16.0 Å². The van der Waals surface area contributed by atoms with Crippen LogP contribution in [0.1, 0.15) is 28.4 Å². The zero-order valence-electron chi connectivity index (χ0n) is 8.40. The number of nitrogens with zero attached hydrogens (tertiary/aromatic N) is 1. The van der Waals surface area contributed by atoms with E-state index < -0.39 is 9.05 Å². The van der Waals surface area contributed by atoms with Gasteiger partial charge in [0.1, 0.15) is 0 Å². The molecule has 0 amide bonds. The molecule has 1 aromatic carbocycles. The maximum Gasteiger partial charge on any atom is 0.262 e. The lowest BCUT2D eigenvalue weighted by Gasteiger charge is -2.07. The molecule has 0 aliphatic rings. The highest BCUT2D eigenvalue weighted by molar-refractivity contribution is 8.13. The summed E-state index contributed by atoms with van der Waals surface area (Å²) in [6, 6.07) is 4.49. The second-order valence-corrected chi connectivity index (χ2v) is 5.58. The van der Waals surface area contributed by atoms with E-state index in [1.807, 2.05) is 6.07 Å². The van der Waals surface area contributed by atoms with E-state index in [4.69, 9.17) is 15.9 Å². The van der Waals surface area contributed by atoms with Crippen molar-refractivity contribution in [3.63, 3.8) is 0 Å². The molecule has 0 fully saturated rings. The molecule has 0 radical (unpaired) electrons. The van der Waals surface area contributed by atoms with Crippen LogP contribution < -0.4 is 0 Å². The topological polar surface area (TPSA) is 75.0 Å². The zero-order chi connectivity index (χ0) is 12.3. The van der Waals surface area contributed by atoms with Crippen molar-refractivity contribution in [2.45, 2.75) is 18.2 Å². The average Bonchev–Trinajstić information content (AvgIpc) is 2.25. The molecule has 0 aliphatic carbocycles. The van der Waals surface area contributed by atoms with Crippen molar-refractivity contribution in [3.8, 4) is 6.07 Å². The molecule has 0 heterocycles. The lowest BCUT2D eigenvalue weighted by molar-refractivity contribution is 0.112. The predicted molar refractivity (Wildman–Crippen MR) is 59.0 cm³/mol. The number of aryl methyl sites for hydroxylation is 1. The minimum absolute atomic E-state index is 0.0779. The molecular weight excluding hydrogens is 250 g/mol. The highest BCUT2D eigenvalue weighted by atomic mass is 35.7. The molecule has 1 rings (SSSR count). The van der Waals surface area contributed by atoms with Gasteiger partial charge in [-0.25, -0.2) is 8.42 Å². The number of benzene rings is 1. The van der Waals surface area contributed by atoms with Crippen LogP contribution in [-0.4, -0.2) is 14.7 Å². The quantitative estimate of drug-likeness (QED) is 0.612. The van der Waals surface area contributed by atoms with E-state index in [2.05, 4.69) is 0 Å². The fraction of sp³-hybridized carbons (Fsp3) is 0.200. The van der Waals surface area contributed by atoms with E-state index in [0.717, 1.165) is 0 Å². The molecule has 84 valence electrons. The first-order valence-electron chi connectivity index (χ1n) is 4.41. The van der Waals surface area contributed by atoms with Crippen LogP contribution in [0.25, 0.3) is 0 Å². The molecule has 16 heavy (non-hydrogen) atoms. The maximum absolute atomic E-state index is 11.3. The molecule has 0 N–H and O–H groups in total. The summed E-state index contributed by atoms with van der Waals surface area (Å²) in [7, 11) is 1.27. The third-order valence-electron chi connectivity index (χ3n) is 2.08. The van der Waals surface area contributed by atoms with Crippen LogP contribution in [0.5, 0.6) is 0 Å². The molecule has 0 saturated carbocycles. The molecule has 0 spiro atoms. The summed E-state index contributed by atoms with van der Waals surface area (Å²) in [5, 5.41) is 8.72. The van der Waals surface area contributed by atoms with Gasteiger partial charge in [0.15, 0.2) is 6.29 Å². The van der Waals surface area contributed by atoms with Crippen molar-refractivity contribution in [2.24, 2.45) is 0 Å². The summed E-state index contributed by atoms with van der Waals surface area (Å²) in [6.07, 6.45) is 0.757. The lowest BCUT2D eigenvalue weighted by atomic mass is 10.1. The number of rotatable bonds is 3. The molecule has 0 bridgehead atoms. The fourth-order valence-electron chi connectivity index (χ4n) is 1.43. The third-order valence-corrected chi connectivity index (χ3v) is 3.52. The van der Waals surface area contributed by atoms with Crippen molar-refractivity contribution in [1.82, 2.24) is 0 Å². The van der Waals surface area contributed by atoms with Gasteiger partial charge in [0, 0.05) is 16.2 Å². The van der Waals surface area contributed by atoms with Crippen LogP contribution in [0, 0.1) is 11.3 Å². The highest BCUT2D eigenvalue weighted by Crippen LogP contribution is 2.25. The number of carbonyl (C=O) groups is 1. The lowest BCUT2D eigenvalue weighted by Crippen LogP contribution is -2.03. The summed E-state index contributed by atoms with van der Waals surface area (Å²) in [5.74, 6) is 0. The molecule has 0 aromatic heterocycles. The van der Waals surface area contributed by atoms with Gasteiger partial charge in [-0.05, 0) is 24.1 Å². The van der Waals surface area contributed by atoms with E-state index in [0.29, 0.717) is 18.3 Å². The van der Waals surface area contributed by atoms with E-state index >= 15 is 0 Å².